The molecule has 1 aromatic carbocycles. The molecule has 0 unspecified atom stereocenters. The normalized spacial score (nSPS) is 10.4. The van der Waals surface area contributed by atoms with Gasteiger partial charge in [-0.05, 0) is 39.0 Å². The number of nitrogens with two attached hydrogens (primary N) is 1. The highest BCUT2D eigenvalue weighted by Gasteiger charge is 2.13. The second kappa shape index (κ2) is 5.57. The maximum atomic E-state index is 11.6. The minimum Gasteiger partial charge on any atom is -0.462 e. The highest BCUT2D eigenvalue weighted by molar-refractivity contribution is 5.92. The fraction of sp³-hybridized carbons (Fsp3) is 0.462. The smallest absolute Gasteiger partial charge is 0.338 e. The van der Waals surface area contributed by atoms with Crippen LogP contribution < -0.4 is 10.6 Å². The second-order valence-corrected chi connectivity index (χ2v) is 4.20. The van der Waals surface area contributed by atoms with Gasteiger partial charge in [0.2, 0.25) is 0 Å². The minimum absolute atomic E-state index is 0.314. The minimum atomic E-state index is -0.314. The summed E-state index contributed by atoms with van der Waals surface area (Å²) in [5.41, 5.74) is 7.95. The topological polar surface area (TPSA) is 55.6 Å². The maximum Gasteiger partial charge on any atom is 0.338 e. The van der Waals surface area contributed by atoms with Crippen LogP contribution in [0.5, 0.6) is 0 Å². The van der Waals surface area contributed by atoms with Gasteiger partial charge in [0.05, 0.1) is 23.5 Å². The van der Waals surface area contributed by atoms with Gasteiger partial charge >= 0.3 is 5.97 Å². The molecule has 0 bridgehead atoms. The summed E-state index contributed by atoms with van der Waals surface area (Å²) in [5, 5.41) is 0. The SMILES string of the molecule is CCOC(=O)c1ccc(N)c(N(C)C(C)C)c1. The second-order valence-electron chi connectivity index (χ2n) is 4.20. The highest BCUT2D eigenvalue weighted by atomic mass is 16.5. The zero-order valence-electron chi connectivity index (χ0n) is 10.9. The van der Waals surface area contributed by atoms with Crippen LogP contribution in [0.2, 0.25) is 0 Å². The fourth-order valence-corrected chi connectivity index (χ4v) is 1.47. The Kier molecular flexibility index (Phi) is 4.37. The summed E-state index contributed by atoms with van der Waals surface area (Å²) in [5.74, 6) is -0.314. The Morgan fingerprint density at radius 3 is 2.65 bits per heavy atom. The van der Waals surface area contributed by atoms with Crippen LogP contribution in [0.1, 0.15) is 31.1 Å². The van der Waals surface area contributed by atoms with Crippen molar-refractivity contribution < 1.29 is 9.53 Å². The van der Waals surface area contributed by atoms with E-state index in [-0.39, 0.29) is 5.97 Å². The van der Waals surface area contributed by atoms with Gasteiger partial charge in [-0.15, -0.1) is 0 Å². The quantitative estimate of drug-likeness (QED) is 0.643. The number of hydrogen-bond donors (Lipinski definition) is 1. The molecule has 4 heteroatoms. The molecule has 17 heavy (non-hydrogen) atoms. The van der Waals surface area contributed by atoms with Crippen LogP contribution >= 0.6 is 0 Å². The van der Waals surface area contributed by atoms with Crippen molar-refractivity contribution >= 4 is 17.3 Å². The number of nitrogen functional groups attached to an aromatic ring is 1. The summed E-state index contributed by atoms with van der Waals surface area (Å²) in [6.07, 6.45) is 0. The molecule has 1 aromatic rings. The first-order valence-corrected chi connectivity index (χ1v) is 5.76. The van der Waals surface area contributed by atoms with Gasteiger partial charge in [0, 0.05) is 13.1 Å². The molecule has 0 fully saturated rings. The van der Waals surface area contributed by atoms with Crippen LogP contribution in [0, 0.1) is 0 Å². The molecular weight excluding hydrogens is 216 g/mol. The molecule has 0 aliphatic rings. The van der Waals surface area contributed by atoms with Crippen LogP contribution in [-0.2, 0) is 4.74 Å². The summed E-state index contributed by atoms with van der Waals surface area (Å²) in [4.78, 5) is 13.6. The summed E-state index contributed by atoms with van der Waals surface area (Å²) < 4.78 is 4.96. The van der Waals surface area contributed by atoms with E-state index in [1.54, 1.807) is 25.1 Å². The number of rotatable bonds is 4. The van der Waals surface area contributed by atoms with Crippen molar-refractivity contribution in [3.8, 4) is 0 Å². The van der Waals surface area contributed by atoms with E-state index in [0.29, 0.717) is 23.9 Å². The number of nitrogens with zero attached hydrogens (tertiary/aromatic N) is 1. The predicted molar refractivity (Wildman–Crippen MR) is 70.3 cm³/mol. The van der Waals surface area contributed by atoms with Gasteiger partial charge in [0.25, 0.3) is 0 Å². The van der Waals surface area contributed by atoms with Gasteiger partial charge in [-0.25, -0.2) is 4.79 Å². The van der Waals surface area contributed by atoms with Gasteiger partial charge in [-0.3, -0.25) is 0 Å². The molecule has 0 aliphatic heterocycles. The van der Waals surface area contributed by atoms with E-state index in [2.05, 4.69) is 13.8 Å². The summed E-state index contributed by atoms with van der Waals surface area (Å²) in [6.45, 7) is 6.29. The van der Waals surface area contributed by atoms with Crippen LogP contribution in [-0.4, -0.2) is 25.7 Å². The Morgan fingerprint density at radius 1 is 1.47 bits per heavy atom. The number of esters is 1. The third kappa shape index (κ3) is 3.12. The van der Waals surface area contributed by atoms with Crippen molar-refractivity contribution in [3.05, 3.63) is 23.8 Å². The first kappa shape index (κ1) is 13.4. The molecular formula is C13H20N2O2. The highest BCUT2D eigenvalue weighted by Crippen LogP contribution is 2.25. The molecule has 0 aromatic heterocycles. The maximum absolute atomic E-state index is 11.6. The van der Waals surface area contributed by atoms with Crippen LogP contribution in [0.25, 0.3) is 0 Å². The number of benzene rings is 1. The van der Waals surface area contributed by atoms with Crippen molar-refractivity contribution in [2.75, 3.05) is 24.3 Å². The molecule has 0 heterocycles. The van der Waals surface area contributed by atoms with E-state index in [0.717, 1.165) is 5.69 Å². The van der Waals surface area contributed by atoms with Crippen molar-refractivity contribution in [1.29, 1.82) is 0 Å². The Hall–Kier alpha value is -1.71. The van der Waals surface area contributed by atoms with E-state index in [9.17, 15) is 4.79 Å². The predicted octanol–water partition coefficient (Wildman–Crippen LogP) is 2.29. The molecule has 0 saturated carbocycles. The fourth-order valence-electron chi connectivity index (χ4n) is 1.47. The Labute approximate surface area is 102 Å². The van der Waals surface area contributed by atoms with Gasteiger partial charge in [0.1, 0.15) is 0 Å². The van der Waals surface area contributed by atoms with E-state index in [4.69, 9.17) is 10.5 Å². The monoisotopic (exact) mass is 236 g/mol. The standard InChI is InChI=1S/C13H20N2O2/c1-5-17-13(16)10-6-7-11(14)12(8-10)15(4)9(2)3/h6-9H,5,14H2,1-4H3. The Bertz CT molecular complexity index is 402. The number of hydrogen-bond acceptors (Lipinski definition) is 4. The summed E-state index contributed by atoms with van der Waals surface area (Å²) >= 11 is 0. The molecule has 2 N–H and O–H groups in total. The van der Waals surface area contributed by atoms with Crippen molar-refractivity contribution in [3.63, 3.8) is 0 Å². The molecule has 0 aliphatic carbocycles. The molecule has 0 spiro atoms. The first-order valence-electron chi connectivity index (χ1n) is 5.76. The van der Waals surface area contributed by atoms with E-state index in [1.165, 1.54) is 0 Å². The average molecular weight is 236 g/mol. The third-order valence-electron chi connectivity index (χ3n) is 2.70. The molecule has 0 atom stereocenters. The number of carbonyl (C=O) groups excluding carboxylic acids is 1. The van der Waals surface area contributed by atoms with Crippen molar-refractivity contribution in [2.24, 2.45) is 0 Å². The van der Waals surface area contributed by atoms with Gasteiger partial charge < -0.3 is 15.4 Å². The molecule has 0 saturated heterocycles. The molecule has 94 valence electrons. The third-order valence-corrected chi connectivity index (χ3v) is 2.70. The van der Waals surface area contributed by atoms with Crippen molar-refractivity contribution in [2.45, 2.75) is 26.8 Å². The average Bonchev–Trinajstić information content (AvgIpc) is 2.28. The summed E-state index contributed by atoms with van der Waals surface area (Å²) in [7, 11) is 1.95. The van der Waals surface area contributed by atoms with E-state index in [1.807, 2.05) is 11.9 Å². The molecule has 1 rings (SSSR count). The van der Waals surface area contributed by atoms with Crippen LogP contribution in [0.3, 0.4) is 0 Å². The lowest BCUT2D eigenvalue weighted by atomic mass is 10.1. The zero-order valence-corrected chi connectivity index (χ0v) is 10.9. The lowest BCUT2D eigenvalue weighted by Gasteiger charge is -2.25. The lowest BCUT2D eigenvalue weighted by Crippen LogP contribution is -2.26. The lowest BCUT2D eigenvalue weighted by molar-refractivity contribution is 0.0526. The Balaban J connectivity index is 3.06. The van der Waals surface area contributed by atoms with E-state index >= 15 is 0 Å². The molecule has 0 radical (unpaired) electrons. The van der Waals surface area contributed by atoms with E-state index < -0.39 is 0 Å². The van der Waals surface area contributed by atoms with Gasteiger partial charge in [-0.1, -0.05) is 0 Å². The number of carbonyl (C=O) groups is 1. The molecule has 0 amide bonds. The van der Waals surface area contributed by atoms with Crippen molar-refractivity contribution in [1.82, 2.24) is 0 Å². The largest absolute Gasteiger partial charge is 0.462 e. The first-order chi connectivity index (χ1) is 7.97. The van der Waals surface area contributed by atoms with Crippen LogP contribution in [0.4, 0.5) is 11.4 Å². The number of anilines is 2. The zero-order chi connectivity index (χ0) is 13.0. The van der Waals surface area contributed by atoms with Crippen LogP contribution in [0.15, 0.2) is 18.2 Å². The Morgan fingerprint density at radius 2 is 2.12 bits per heavy atom. The summed E-state index contributed by atoms with van der Waals surface area (Å²) in [6, 6.07) is 5.51. The molecule has 4 nitrogen and oxygen atoms in total. The van der Waals surface area contributed by atoms with Gasteiger partial charge in [0.15, 0.2) is 0 Å². The van der Waals surface area contributed by atoms with Gasteiger partial charge in [-0.2, -0.15) is 0 Å². The number of ether oxygens (including phenoxy) is 1.